The Hall–Kier alpha value is -1.35. The zero-order valence-corrected chi connectivity index (χ0v) is 7.35. The van der Waals surface area contributed by atoms with E-state index in [9.17, 15) is 0 Å². The first-order valence-corrected chi connectivity index (χ1v) is 4.42. The fourth-order valence-corrected chi connectivity index (χ4v) is 1.44. The van der Waals surface area contributed by atoms with Crippen LogP contribution in [0.1, 0.15) is 6.42 Å². The molecule has 0 spiro atoms. The number of aromatic nitrogens is 2. The summed E-state index contributed by atoms with van der Waals surface area (Å²) in [6.45, 7) is 1.06. The lowest BCUT2D eigenvalue weighted by atomic mass is 10.3. The highest BCUT2D eigenvalue weighted by molar-refractivity contribution is 5.75. The van der Waals surface area contributed by atoms with Gasteiger partial charge in [-0.05, 0) is 24.6 Å². The maximum absolute atomic E-state index is 8.70. The Morgan fingerprint density at radius 1 is 1.38 bits per heavy atom. The van der Waals surface area contributed by atoms with E-state index in [4.69, 9.17) is 5.11 Å². The van der Waals surface area contributed by atoms with Crippen molar-refractivity contribution in [3.05, 3.63) is 30.6 Å². The van der Waals surface area contributed by atoms with Gasteiger partial charge in [-0.25, -0.2) is 4.98 Å². The Labute approximate surface area is 76.6 Å². The van der Waals surface area contributed by atoms with Crippen LogP contribution >= 0.6 is 0 Å². The number of aryl methyl sites for hydroxylation is 1. The molecule has 0 aliphatic carbocycles. The van der Waals surface area contributed by atoms with Gasteiger partial charge < -0.3 is 9.67 Å². The van der Waals surface area contributed by atoms with Crippen molar-refractivity contribution in [2.45, 2.75) is 13.0 Å². The number of hydrogen-bond donors (Lipinski definition) is 1. The van der Waals surface area contributed by atoms with Crippen molar-refractivity contribution < 1.29 is 5.11 Å². The van der Waals surface area contributed by atoms with E-state index in [2.05, 4.69) is 9.55 Å². The van der Waals surface area contributed by atoms with E-state index in [1.165, 1.54) is 0 Å². The molecule has 0 atom stereocenters. The number of hydrogen-bond acceptors (Lipinski definition) is 2. The van der Waals surface area contributed by atoms with Gasteiger partial charge in [-0.2, -0.15) is 0 Å². The average molecular weight is 176 g/mol. The van der Waals surface area contributed by atoms with Crippen LogP contribution in [0.3, 0.4) is 0 Å². The van der Waals surface area contributed by atoms with Crippen molar-refractivity contribution in [1.29, 1.82) is 0 Å². The first-order valence-electron chi connectivity index (χ1n) is 4.42. The van der Waals surface area contributed by atoms with Gasteiger partial charge in [0.25, 0.3) is 0 Å². The van der Waals surface area contributed by atoms with Gasteiger partial charge in [0.05, 0.1) is 0 Å². The average Bonchev–Trinajstić information content (AvgIpc) is 2.58. The third kappa shape index (κ3) is 1.55. The van der Waals surface area contributed by atoms with E-state index < -0.39 is 0 Å². The second-order valence-electron chi connectivity index (χ2n) is 3.00. The summed E-state index contributed by atoms with van der Waals surface area (Å²) in [4.78, 5) is 4.28. The molecule has 0 saturated carbocycles. The minimum absolute atomic E-state index is 0.229. The molecule has 3 nitrogen and oxygen atoms in total. The highest BCUT2D eigenvalue weighted by Crippen LogP contribution is 2.12. The van der Waals surface area contributed by atoms with Crippen molar-refractivity contribution in [2.24, 2.45) is 0 Å². The smallest absolute Gasteiger partial charge is 0.139 e. The second kappa shape index (κ2) is 3.58. The van der Waals surface area contributed by atoms with Crippen LogP contribution in [-0.2, 0) is 6.54 Å². The van der Waals surface area contributed by atoms with Crippen molar-refractivity contribution in [1.82, 2.24) is 9.55 Å². The molecule has 68 valence electrons. The van der Waals surface area contributed by atoms with Crippen LogP contribution < -0.4 is 0 Å². The Bertz CT molecular complexity index is 394. The van der Waals surface area contributed by atoms with Gasteiger partial charge in [-0.15, -0.1) is 0 Å². The largest absolute Gasteiger partial charge is 0.396 e. The number of aliphatic hydroxyl groups excluding tert-OH is 1. The quantitative estimate of drug-likeness (QED) is 0.768. The van der Waals surface area contributed by atoms with E-state index in [-0.39, 0.29) is 6.61 Å². The van der Waals surface area contributed by atoms with E-state index in [0.717, 1.165) is 24.0 Å². The van der Waals surface area contributed by atoms with Crippen LogP contribution in [-0.4, -0.2) is 21.3 Å². The summed E-state index contributed by atoms with van der Waals surface area (Å²) in [5, 5.41) is 9.86. The molecule has 0 fully saturated rings. The highest BCUT2D eigenvalue weighted by Gasteiger charge is 1.99. The standard InChI is InChI=1S/C10H12N2O/c13-8-2-6-12-7-4-9-3-1-5-11-10(9)12/h1,3-5,7,13H,2,6,8H2. The predicted octanol–water partition coefficient (Wildman–Crippen LogP) is 1.42. The monoisotopic (exact) mass is 176 g/mol. The first-order chi connectivity index (χ1) is 6.42. The van der Waals surface area contributed by atoms with E-state index in [1.807, 2.05) is 24.4 Å². The molecule has 0 bridgehead atoms. The normalized spacial score (nSPS) is 10.8. The third-order valence-corrected chi connectivity index (χ3v) is 2.08. The molecule has 2 aromatic heterocycles. The molecule has 13 heavy (non-hydrogen) atoms. The minimum Gasteiger partial charge on any atom is -0.396 e. The van der Waals surface area contributed by atoms with Crippen LogP contribution in [0.25, 0.3) is 11.0 Å². The molecule has 0 saturated heterocycles. The molecule has 1 N–H and O–H groups in total. The molecule has 2 aromatic rings. The maximum Gasteiger partial charge on any atom is 0.139 e. The fraction of sp³-hybridized carbons (Fsp3) is 0.300. The molecule has 2 rings (SSSR count). The molecule has 0 amide bonds. The zero-order chi connectivity index (χ0) is 9.10. The Balaban J connectivity index is 2.35. The lowest BCUT2D eigenvalue weighted by Gasteiger charge is -2.01. The number of aliphatic hydroxyl groups is 1. The molecular weight excluding hydrogens is 164 g/mol. The summed E-state index contributed by atoms with van der Waals surface area (Å²) >= 11 is 0. The highest BCUT2D eigenvalue weighted by atomic mass is 16.3. The molecular formula is C10H12N2O. The zero-order valence-electron chi connectivity index (χ0n) is 7.35. The lowest BCUT2D eigenvalue weighted by Crippen LogP contribution is -1.99. The summed E-state index contributed by atoms with van der Waals surface area (Å²) in [6.07, 6.45) is 4.57. The molecule has 0 aliphatic heterocycles. The van der Waals surface area contributed by atoms with Crippen LogP contribution in [0.5, 0.6) is 0 Å². The summed E-state index contributed by atoms with van der Waals surface area (Å²) in [7, 11) is 0. The van der Waals surface area contributed by atoms with Gasteiger partial charge in [-0.1, -0.05) is 0 Å². The van der Waals surface area contributed by atoms with Crippen molar-refractivity contribution in [3.63, 3.8) is 0 Å². The SMILES string of the molecule is OCCCn1ccc2cccnc21. The topological polar surface area (TPSA) is 38.0 Å². The maximum atomic E-state index is 8.70. The second-order valence-corrected chi connectivity index (χ2v) is 3.00. The van der Waals surface area contributed by atoms with Crippen molar-refractivity contribution in [3.8, 4) is 0 Å². The summed E-state index contributed by atoms with van der Waals surface area (Å²) in [5.74, 6) is 0. The van der Waals surface area contributed by atoms with Crippen LogP contribution in [0.2, 0.25) is 0 Å². The van der Waals surface area contributed by atoms with Gasteiger partial charge >= 0.3 is 0 Å². The molecule has 3 heteroatoms. The Morgan fingerprint density at radius 2 is 2.31 bits per heavy atom. The van der Waals surface area contributed by atoms with Crippen molar-refractivity contribution >= 4 is 11.0 Å². The van der Waals surface area contributed by atoms with Gasteiger partial charge in [0.2, 0.25) is 0 Å². The van der Waals surface area contributed by atoms with E-state index in [0.29, 0.717) is 0 Å². The Morgan fingerprint density at radius 3 is 3.15 bits per heavy atom. The van der Waals surface area contributed by atoms with Crippen LogP contribution in [0.15, 0.2) is 30.6 Å². The van der Waals surface area contributed by atoms with Gasteiger partial charge in [0.1, 0.15) is 5.65 Å². The number of pyridine rings is 1. The molecule has 0 aliphatic rings. The van der Waals surface area contributed by atoms with E-state index in [1.54, 1.807) is 6.20 Å². The number of fused-ring (bicyclic) bond motifs is 1. The molecule has 0 unspecified atom stereocenters. The summed E-state index contributed by atoms with van der Waals surface area (Å²) in [5.41, 5.74) is 0.996. The fourth-order valence-electron chi connectivity index (χ4n) is 1.44. The first kappa shape index (κ1) is 8.26. The van der Waals surface area contributed by atoms with E-state index >= 15 is 0 Å². The van der Waals surface area contributed by atoms with Crippen LogP contribution in [0, 0.1) is 0 Å². The molecule has 0 radical (unpaired) electrons. The Kier molecular flexibility index (Phi) is 2.27. The van der Waals surface area contributed by atoms with Crippen molar-refractivity contribution in [2.75, 3.05) is 6.61 Å². The number of rotatable bonds is 3. The molecule has 0 aromatic carbocycles. The van der Waals surface area contributed by atoms with Gasteiger partial charge in [0.15, 0.2) is 0 Å². The summed E-state index contributed by atoms with van der Waals surface area (Å²) in [6, 6.07) is 6.01. The third-order valence-electron chi connectivity index (χ3n) is 2.08. The van der Waals surface area contributed by atoms with Gasteiger partial charge in [0, 0.05) is 30.9 Å². The van der Waals surface area contributed by atoms with Crippen LogP contribution in [0.4, 0.5) is 0 Å². The van der Waals surface area contributed by atoms with Gasteiger partial charge in [-0.3, -0.25) is 0 Å². The minimum atomic E-state index is 0.229. The predicted molar refractivity (Wildman–Crippen MR) is 51.4 cm³/mol. The summed E-state index contributed by atoms with van der Waals surface area (Å²) < 4.78 is 2.06. The molecule has 2 heterocycles. The lowest BCUT2D eigenvalue weighted by molar-refractivity contribution is 0.280. The number of nitrogens with zero attached hydrogens (tertiary/aromatic N) is 2.